The maximum absolute atomic E-state index is 15.0. The van der Waals surface area contributed by atoms with Crippen LogP contribution in [-0.4, -0.2) is 58.6 Å². The van der Waals surface area contributed by atoms with Gasteiger partial charge in [-0.3, -0.25) is 14.4 Å². The Balaban J connectivity index is 1.28. The summed E-state index contributed by atoms with van der Waals surface area (Å²) < 4.78 is 26.3. The molecule has 9 heteroatoms. The summed E-state index contributed by atoms with van der Waals surface area (Å²) >= 11 is 0. The highest BCUT2D eigenvalue weighted by atomic mass is 16.6. The lowest BCUT2D eigenvalue weighted by Crippen LogP contribution is -2.72. The normalized spacial score (nSPS) is 27.6. The molecule has 1 amide bonds. The average molecular weight is 762 g/mol. The van der Waals surface area contributed by atoms with Crippen LogP contribution in [0.15, 0.2) is 76.9 Å². The van der Waals surface area contributed by atoms with Gasteiger partial charge < -0.3 is 29.4 Å². The maximum atomic E-state index is 15.0. The van der Waals surface area contributed by atoms with E-state index in [0.29, 0.717) is 60.3 Å². The number of ether oxygens (including phenoxy) is 4. The van der Waals surface area contributed by atoms with Gasteiger partial charge in [0.1, 0.15) is 34.2 Å². The van der Waals surface area contributed by atoms with Crippen molar-refractivity contribution in [2.24, 2.45) is 11.8 Å². The summed E-state index contributed by atoms with van der Waals surface area (Å²) in [4.78, 5) is 43.1. The van der Waals surface area contributed by atoms with Gasteiger partial charge in [-0.1, -0.05) is 47.6 Å². The minimum atomic E-state index is -1.59. The monoisotopic (exact) mass is 761 g/mol. The van der Waals surface area contributed by atoms with E-state index in [4.69, 9.17) is 18.9 Å². The lowest BCUT2D eigenvalue weighted by Gasteiger charge is -2.56. The van der Waals surface area contributed by atoms with Crippen molar-refractivity contribution in [3.8, 4) is 23.0 Å². The van der Waals surface area contributed by atoms with E-state index in [1.807, 2.05) is 71.0 Å². The average Bonchev–Trinajstić information content (AvgIpc) is 3.30. The molecule has 5 unspecified atom stereocenters. The van der Waals surface area contributed by atoms with Crippen molar-refractivity contribution in [2.75, 3.05) is 13.7 Å². The first-order valence-electron chi connectivity index (χ1n) is 19.8. The minimum absolute atomic E-state index is 0.0296. The Morgan fingerprint density at radius 1 is 0.982 bits per heavy atom. The van der Waals surface area contributed by atoms with Gasteiger partial charge in [0, 0.05) is 41.5 Å². The van der Waals surface area contributed by atoms with Gasteiger partial charge in [-0.2, -0.15) is 0 Å². The molecular weight excluding hydrogens is 707 g/mol. The standard InChI is InChI=1S/C47H55NO8/c1-27(2)11-10-21-45(8)22-19-33-38(49)37-39(50)35-25-31-26-36-44(6,7)56-46(42(31)51,47(35,36)55-41(37)34(40(33)54-45)17-12-28(3)4)23-18-29(5)43(52)48-24-20-30-13-15-32(53-9)16-14-30/h11-16,18-19,22,25,31,36,49H,10,17,20-21,23-24,26H2,1-9H3,(H,48,52). The quantitative estimate of drug-likeness (QED) is 0.163. The second-order valence-electron chi connectivity index (χ2n) is 17.3. The van der Waals surface area contributed by atoms with Crippen LogP contribution in [0.4, 0.5) is 0 Å². The smallest absolute Gasteiger partial charge is 0.246 e. The van der Waals surface area contributed by atoms with Crippen LogP contribution in [0.2, 0.25) is 0 Å². The predicted octanol–water partition coefficient (Wildman–Crippen LogP) is 8.52. The minimum Gasteiger partial charge on any atom is -0.506 e. The summed E-state index contributed by atoms with van der Waals surface area (Å²) in [7, 11) is 1.62. The van der Waals surface area contributed by atoms with Gasteiger partial charge in [-0.05, 0) is 117 Å². The Kier molecular flexibility index (Phi) is 10.0. The number of methoxy groups -OCH3 is 1. The highest BCUT2D eigenvalue weighted by Gasteiger charge is 2.81. The van der Waals surface area contributed by atoms with E-state index in [2.05, 4.69) is 31.3 Å². The van der Waals surface area contributed by atoms with E-state index in [9.17, 15) is 14.7 Å². The van der Waals surface area contributed by atoms with Crippen LogP contribution < -0.4 is 19.5 Å². The molecule has 3 heterocycles. The molecule has 1 saturated carbocycles. The summed E-state index contributed by atoms with van der Waals surface area (Å²) in [5, 5.41) is 15.0. The molecule has 9 nitrogen and oxygen atoms in total. The first kappa shape index (κ1) is 39.3. The Hall–Kier alpha value is -4.89. The van der Waals surface area contributed by atoms with Crippen molar-refractivity contribution >= 4 is 23.5 Å². The SMILES string of the molecule is COc1ccc(CCNC(=O)C(C)=CCC23OC(C)(C)C4CC(C=C5C(=O)c6c(O)c7c(c(CC=C(C)C)c6OC542)OC(C)(CCC=C(C)C)C=C7)C3=O)cc1. The number of phenols is 1. The third-order valence-corrected chi connectivity index (χ3v) is 12.4. The number of allylic oxidation sites excluding steroid dienone is 5. The number of amides is 1. The number of benzene rings is 2. The maximum Gasteiger partial charge on any atom is 0.246 e. The van der Waals surface area contributed by atoms with Gasteiger partial charge in [0.05, 0.1) is 18.3 Å². The van der Waals surface area contributed by atoms with Gasteiger partial charge in [0.15, 0.2) is 22.8 Å². The first-order valence-corrected chi connectivity index (χ1v) is 19.8. The molecule has 3 aliphatic heterocycles. The number of phenolic OH excluding ortho intramolecular Hbond substituents is 1. The van der Waals surface area contributed by atoms with Gasteiger partial charge in [0.25, 0.3) is 0 Å². The molecule has 2 aromatic rings. The number of fused-ring (bicyclic) bond motifs is 2. The van der Waals surface area contributed by atoms with Gasteiger partial charge in [-0.25, -0.2) is 0 Å². The molecule has 2 fully saturated rings. The number of nitrogens with one attached hydrogen (secondary N) is 1. The third-order valence-electron chi connectivity index (χ3n) is 12.4. The number of Topliss-reactive ketones (excluding diaryl/α,β-unsaturated/α-hetero) is 2. The second-order valence-corrected chi connectivity index (χ2v) is 17.3. The molecule has 4 bridgehead atoms. The van der Waals surface area contributed by atoms with Crippen LogP contribution in [0.3, 0.4) is 0 Å². The molecule has 2 N–H and O–H groups in total. The van der Waals surface area contributed by atoms with E-state index >= 15 is 4.79 Å². The molecule has 56 heavy (non-hydrogen) atoms. The summed E-state index contributed by atoms with van der Waals surface area (Å²) in [6.45, 7) is 16.2. The zero-order chi connectivity index (χ0) is 40.4. The molecule has 1 saturated heterocycles. The van der Waals surface area contributed by atoms with Gasteiger partial charge in [0.2, 0.25) is 5.91 Å². The van der Waals surface area contributed by atoms with E-state index < -0.39 is 28.3 Å². The largest absolute Gasteiger partial charge is 0.506 e. The van der Waals surface area contributed by atoms with Crippen molar-refractivity contribution in [1.82, 2.24) is 5.32 Å². The number of ketones is 2. The predicted molar refractivity (Wildman–Crippen MR) is 216 cm³/mol. The number of carbonyl (C=O) groups excluding carboxylic acids is 3. The van der Waals surface area contributed by atoms with Gasteiger partial charge >= 0.3 is 0 Å². The Labute approximate surface area is 330 Å². The summed E-state index contributed by atoms with van der Waals surface area (Å²) in [6, 6.07) is 7.71. The number of aromatic hydroxyl groups is 1. The van der Waals surface area contributed by atoms with E-state index in [-0.39, 0.29) is 46.9 Å². The summed E-state index contributed by atoms with van der Waals surface area (Å²) in [5.74, 6) is -0.472. The van der Waals surface area contributed by atoms with E-state index in [0.717, 1.165) is 23.3 Å². The van der Waals surface area contributed by atoms with Gasteiger partial charge in [-0.15, -0.1) is 0 Å². The van der Waals surface area contributed by atoms with Crippen molar-refractivity contribution in [3.63, 3.8) is 0 Å². The van der Waals surface area contributed by atoms with Crippen LogP contribution in [-0.2, 0) is 27.2 Å². The van der Waals surface area contributed by atoms with Crippen LogP contribution >= 0.6 is 0 Å². The molecule has 3 aliphatic carbocycles. The second kappa shape index (κ2) is 14.2. The number of hydrogen-bond donors (Lipinski definition) is 2. The first-order chi connectivity index (χ1) is 26.5. The molecule has 1 spiro atoms. The fourth-order valence-electron chi connectivity index (χ4n) is 9.43. The number of rotatable bonds is 12. The fraction of sp³-hybridized carbons (Fsp3) is 0.468. The van der Waals surface area contributed by atoms with Crippen LogP contribution in [0.5, 0.6) is 23.0 Å². The van der Waals surface area contributed by atoms with Crippen LogP contribution in [0.1, 0.15) is 108 Å². The van der Waals surface area contributed by atoms with E-state index in [1.54, 1.807) is 26.2 Å². The van der Waals surface area contributed by atoms with Crippen molar-refractivity contribution in [3.05, 3.63) is 99.2 Å². The molecule has 8 rings (SSSR count). The third kappa shape index (κ3) is 6.32. The van der Waals surface area contributed by atoms with Crippen LogP contribution in [0, 0.1) is 11.8 Å². The molecule has 6 aliphatic rings. The highest BCUT2D eigenvalue weighted by Crippen LogP contribution is 2.68. The zero-order valence-electron chi connectivity index (χ0n) is 34.2. The van der Waals surface area contributed by atoms with E-state index in [1.165, 1.54) is 5.57 Å². The Morgan fingerprint density at radius 2 is 1.70 bits per heavy atom. The molecule has 2 aromatic carbocycles. The molecular formula is C47H55NO8. The van der Waals surface area contributed by atoms with Crippen molar-refractivity contribution in [1.29, 1.82) is 0 Å². The lowest BCUT2D eigenvalue weighted by molar-refractivity contribution is -0.171. The summed E-state index contributed by atoms with van der Waals surface area (Å²) in [6.07, 6.45) is 14.5. The Bertz CT molecular complexity index is 2140. The van der Waals surface area contributed by atoms with Crippen molar-refractivity contribution < 1.29 is 38.4 Å². The number of hydrogen-bond acceptors (Lipinski definition) is 8. The van der Waals surface area contributed by atoms with Crippen molar-refractivity contribution in [2.45, 2.75) is 116 Å². The lowest BCUT2D eigenvalue weighted by atomic mass is 9.51. The fourth-order valence-corrected chi connectivity index (χ4v) is 9.43. The summed E-state index contributed by atoms with van der Waals surface area (Å²) in [5.41, 5.74) is 0.658. The number of carbonyl (C=O) groups is 3. The zero-order valence-corrected chi connectivity index (χ0v) is 34.2. The molecule has 296 valence electrons. The molecule has 0 radical (unpaired) electrons. The highest BCUT2D eigenvalue weighted by molar-refractivity contribution is 6.19. The Morgan fingerprint density at radius 3 is 2.38 bits per heavy atom. The topological polar surface area (TPSA) is 120 Å². The van der Waals surface area contributed by atoms with Crippen LogP contribution in [0.25, 0.3) is 6.08 Å². The molecule has 5 atom stereocenters. The molecule has 0 aromatic heterocycles.